The van der Waals surface area contributed by atoms with E-state index in [-0.39, 0.29) is 17.2 Å². The van der Waals surface area contributed by atoms with Crippen molar-refractivity contribution < 1.29 is 32.7 Å². The van der Waals surface area contributed by atoms with Crippen molar-refractivity contribution in [2.45, 2.75) is 32.4 Å². The minimum atomic E-state index is -5.08. The first kappa shape index (κ1) is 27.3. The summed E-state index contributed by atoms with van der Waals surface area (Å²) >= 11 is 0. The maximum Gasteiger partial charge on any atom is 0.490 e. The second-order valence-electron chi connectivity index (χ2n) is 9.74. The highest BCUT2D eigenvalue weighted by molar-refractivity contribution is 5.94. The maximum absolute atomic E-state index is 13.6. The van der Waals surface area contributed by atoms with Gasteiger partial charge in [0.2, 0.25) is 11.9 Å². The van der Waals surface area contributed by atoms with Gasteiger partial charge in [-0.3, -0.25) is 14.6 Å². The van der Waals surface area contributed by atoms with Crippen LogP contribution in [0.2, 0.25) is 0 Å². The fourth-order valence-corrected chi connectivity index (χ4v) is 5.89. The van der Waals surface area contributed by atoms with Gasteiger partial charge >= 0.3 is 12.1 Å². The van der Waals surface area contributed by atoms with E-state index < -0.39 is 17.6 Å². The number of hydrogen-bond donors (Lipinski definition) is 1. The van der Waals surface area contributed by atoms with Gasteiger partial charge in [0.25, 0.3) is 5.91 Å². The topological polar surface area (TPSA) is 120 Å². The molecular formula is C25H29F3N6O4. The van der Waals surface area contributed by atoms with Crippen LogP contribution in [-0.4, -0.2) is 93.1 Å². The number of carboxylic acid groups (broad SMARTS) is 1. The number of hydrogen-bond acceptors (Lipinski definition) is 7. The molecule has 3 fully saturated rings. The predicted octanol–water partition coefficient (Wildman–Crippen LogP) is 2.49. The van der Waals surface area contributed by atoms with Gasteiger partial charge in [-0.15, -0.1) is 0 Å². The first-order valence-electron chi connectivity index (χ1n) is 12.3. The molecule has 5 rings (SSSR count). The number of fused-ring (bicyclic) bond motifs is 1. The number of carbonyl (C=O) groups excluding carboxylic acids is 2. The van der Waals surface area contributed by atoms with E-state index in [2.05, 4.69) is 19.9 Å². The Morgan fingerprint density at radius 1 is 1.03 bits per heavy atom. The van der Waals surface area contributed by atoms with Gasteiger partial charge in [0, 0.05) is 69.5 Å². The molecule has 5 heterocycles. The molecule has 3 aliphatic rings. The number of halogens is 3. The predicted molar refractivity (Wildman–Crippen MR) is 129 cm³/mol. The Balaban J connectivity index is 0.000000426. The van der Waals surface area contributed by atoms with Crippen molar-refractivity contribution in [1.29, 1.82) is 0 Å². The summed E-state index contributed by atoms with van der Waals surface area (Å²) in [6.07, 6.45) is 4.21. The van der Waals surface area contributed by atoms with E-state index in [9.17, 15) is 22.8 Å². The summed E-state index contributed by atoms with van der Waals surface area (Å²) in [6.45, 7) is 6.31. The second-order valence-corrected chi connectivity index (χ2v) is 9.74. The number of nitrogens with zero attached hydrogens (tertiary/aromatic N) is 6. The minimum absolute atomic E-state index is 0.0196. The minimum Gasteiger partial charge on any atom is -0.475 e. The lowest BCUT2D eigenvalue weighted by Gasteiger charge is -2.46. The Labute approximate surface area is 217 Å². The zero-order valence-electron chi connectivity index (χ0n) is 20.9. The van der Waals surface area contributed by atoms with Crippen molar-refractivity contribution >= 4 is 23.7 Å². The third-order valence-electron chi connectivity index (χ3n) is 7.85. The number of anilines is 1. The van der Waals surface area contributed by atoms with Gasteiger partial charge in [0.05, 0.1) is 11.0 Å². The zero-order valence-corrected chi connectivity index (χ0v) is 20.9. The molecule has 0 bridgehead atoms. The van der Waals surface area contributed by atoms with Crippen LogP contribution in [0.5, 0.6) is 0 Å². The van der Waals surface area contributed by atoms with Crippen molar-refractivity contribution in [2.75, 3.05) is 44.2 Å². The number of carboxylic acids is 1. The second kappa shape index (κ2) is 10.5. The average Bonchev–Trinajstić information content (AvgIpc) is 3.42. The molecule has 10 nitrogen and oxygen atoms in total. The lowest BCUT2D eigenvalue weighted by Crippen LogP contribution is -2.53. The third kappa shape index (κ3) is 5.01. The van der Waals surface area contributed by atoms with Crippen molar-refractivity contribution in [3.8, 4) is 0 Å². The molecule has 2 amide bonds. The van der Waals surface area contributed by atoms with Crippen LogP contribution in [0.3, 0.4) is 0 Å². The number of alkyl halides is 3. The molecular weight excluding hydrogens is 505 g/mol. The van der Waals surface area contributed by atoms with Gasteiger partial charge in [0.15, 0.2) is 0 Å². The summed E-state index contributed by atoms with van der Waals surface area (Å²) in [4.78, 5) is 54.5. The molecule has 1 N–H and O–H groups in total. The molecule has 3 saturated heterocycles. The smallest absolute Gasteiger partial charge is 0.475 e. The number of pyridine rings is 1. The maximum atomic E-state index is 13.6. The van der Waals surface area contributed by atoms with Crippen molar-refractivity contribution in [2.24, 2.45) is 10.8 Å². The SMILES string of the molecule is CCN1CCC2(CN(c3ncccn3)CC23CCN(C(=O)c2cccnc2)CC3)C1=O.O=C(O)C(F)(F)F. The molecule has 0 radical (unpaired) electrons. The van der Waals surface area contributed by atoms with Crippen molar-refractivity contribution in [3.63, 3.8) is 0 Å². The van der Waals surface area contributed by atoms with Gasteiger partial charge in [0.1, 0.15) is 0 Å². The molecule has 2 aromatic rings. The molecule has 2 spiro atoms. The van der Waals surface area contributed by atoms with E-state index in [1.54, 1.807) is 30.9 Å². The summed E-state index contributed by atoms with van der Waals surface area (Å²) in [7, 11) is 0. The van der Waals surface area contributed by atoms with Crippen molar-refractivity contribution in [3.05, 3.63) is 48.5 Å². The molecule has 13 heteroatoms. The van der Waals surface area contributed by atoms with E-state index in [1.807, 2.05) is 28.9 Å². The number of piperidine rings is 1. The number of likely N-dealkylation sites (tertiary alicyclic amines) is 2. The van der Waals surface area contributed by atoms with Crippen molar-refractivity contribution in [1.82, 2.24) is 24.8 Å². The Hall–Kier alpha value is -3.77. The molecule has 1 atom stereocenters. The monoisotopic (exact) mass is 534 g/mol. The molecule has 0 saturated carbocycles. The van der Waals surface area contributed by atoms with Gasteiger partial charge < -0.3 is 19.8 Å². The van der Waals surface area contributed by atoms with Gasteiger partial charge in [-0.1, -0.05) is 0 Å². The van der Waals surface area contributed by atoms with Crippen LogP contribution in [0.15, 0.2) is 43.0 Å². The van der Waals surface area contributed by atoms with Crippen LogP contribution in [0.1, 0.15) is 36.5 Å². The lowest BCUT2D eigenvalue weighted by atomic mass is 9.60. The zero-order chi connectivity index (χ0) is 27.6. The Kier molecular flexibility index (Phi) is 7.56. The van der Waals surface area contributed by atoms with E-state index in [0.717, 1.165) is 38.9 Å². The third-order valence-corrected chi connectivity index (χ3v) is 7.85. The van der Waals surface area contributed by atoms with Crippen LogP contribution in [0.4, 0.5) is 19.1 Å². The van der Waals surface area contributed by atoms with E-state index in [1.165, 1.54) is 0 Å². The molecule has 204 valence electrons. The molecule has 0 aliphatic carbocycles. The largest absolute Gasteiger partial charge is 0.490 e. The first-order chi connectivity index (χ1) is 18.0. The highest BCUT2D eigenvalue weighted by atomic mass is 19.4. The quantitative estimate of drug-likeness (QED) is 0.638. The number of aliphatic carboxylic acids is 1. The molecule has 2 aromatic heterocycles. The number of carbonyl (C=O) groups is 3. The Bertz CT molecular complexity index is 1160. The van der Waals surface area contributed by atoms with Gasteiger partial charge in [-0.25, -0.2) is 14.8 Å². The molecule has 1 unspecified atom stereocenters. The molecule has 0 aromatic carbocycles. The number of aromatic nitrogens is 3. The highest BCUT2D eigenvalue weighted by Gasteiger charge is 2.65. The van der Waals surface area contributed by atoms with Crippen LogP contribution in [0, 0.1) is 10.8 Å². The fourth-order valence-electron chi connectivity index (χ4n) is 5.89. The fraction of sp³-hybridized carbons (Fsp3) is 0.520. The van der Waals surface area contributed by atoms with Crippen LogP contribution >= 0.6 is 0 Å². The van der Waals surface area contributed by atoms with Gasteiger partial charge in [-0.2, -0.15) is 13.2 Å². The van der Waals surface area contributed by atoms with E-state index in [0.29, 0.717) is 31.1 Å². The summed E-state index contributed by atoms with van der Waals surface area (Å²) in [5.74, 6) is -1.78. The lowest BCUT2D eigenvalue weighted by molar-refractivity contribution is -0.192. The standard InChI is InChI=1S/C23H28N6O2.C2HF3O2/c1-2-27-14-8-23(20(27)31)17-29(21-25-10-4-11-26-21)16-22(23)6-12-28(13-7-22)19(30)18-5-3-9-24-15-18;3-2(4,5)1(6)7/h3-5,9-11,15H,2,6-8,12-14,16-17H2,1H3;(H,6,7). The first-order valence-corrected chi connectivity index (χ1v) is 12.3. The number of rotatable bonds is 3. The summed E-state index contributed by atoms with van der Waals surface area (Å²) in [5.41, 5.74) is 0.0258. The normalized spacial score (nSPS) is 22.5. The number of amides is 2. The van der Waals surface area contributed by atoms with E-state index in [4.69, 9.17) is 9.90 Å². The van der Waals surface area contributed by atoms with Crippen LogP contribution < -0.4 is 4.90 Å². The van der Waals surface area contributed by atoms with Crippen LogP contribution in [0.25, 0.3) is 0 Å². The van der Waals surface area contributed by atoms with Crippen LogP contribution in [-0.2, 0) is 9.59 Å². The summed E-state index contributed by atoms with van der Waals surface area (Å²) in [6, 6.07) is 5.41. The summed E-state index contributed by atoms with van der Waals surface area (Å²) in [5, 5.41) is 7.12. The highest BCUT2D eigenvalue weighted by Crippen LogP contribution is 2.58. The Morgan fingerprint density at radius 3 is 2.21 bits per heavy atom. The summed E-state index contributed by atoms with van der Waals surface area (Å²) < 4.78 is 31.7. The molecule has 38 heavy (non-hydrogen) atoms. The van der Waals surface area contributed by atoms with E-state index >= 15 is 0 Å². The molecule has 3 aliphatic heterocycles. The Morgan fingerprint density at radius 2 is 1.68 bits per heavy atom. The van der Waals surface area contributed by atoms with Gasteiger partial charge in [-0.05, 0) is 44.4 Å². The average molecular weight is 535 g/mol.